The average Bonchev–Trinajstić information content (AvgIpc) is 2.19. The number of hydrogen-bond acceptors (Lipinski definition) is 4. The highest BCUT2D eigenvalue weighted by Gasteiger charge is 2.21. The Balaban J connectivity index is 3.61. The number of hydrogen-bond donors (Lipinski definition) is 1. The van der Waals surface area contributed by atoms with E-state index in [4.69, 9.17) is 34.8 Å². The maximum atomic E-state index is 11.0. The first kappa shape index (κ1) is 16.2. The van der Waals surface area contributed by atoms with Crippen LogP contribution in [0.4, 0.5) is 4.79 Å². The van der Waals surface area contributed by atoms with E-state index in [9.17, 15) is 9.59 Å². The van der Waals surface area contributed by atoms with E-state index in [0.717, 1.165) is 0 Å². The largest absolute Gasteiger partial charge is 0.453 e. The van der Waals surface area contributed by atoms with Crippen LogP contribution in [0.3, 0.4) is 0 Å². The minimum Gasteiger partial charge on any atom is -0.453 e. The van der Waals surface area contributed by atoms with Gasteiger partial charge in [0.2, 0.25) is 3.79 Å². The summed E-state index contributed by atoms with van der Waals surface area (Å²) in [7, 11) is 0. The van der Waals surface area contributed by atoms with Crippen molar-refractivity contribution in [1.29, 1.82) is 0 Å². The summed E-state index contributed by atoms with van der Waals surface area (Å²) in [5, 5.41) is 2.29. The van der Waals surface area contributed by atoms with Crippen molar-refractivity contribution in [2.24, 2.45) is 0 Å². The molecule has 0 saturated carbocycles. The standard InChI is InChI=1S/C9H10Cl3NO4/c1-7(14)16-5-3-2-4-13-8(15)17-6-9(10,11)12/h4-6H2,1H3,(H,13,15). The number of carbonyl (C=O) groups is 2. The van der Waals surface area contributed by atoms with E-state index < -0.39 is 15.9 Å². The molecule has 1 amide bonds. The highest BCUT2D eigenvalue weighted by atomic mass is 35.6. The maximum absolute atomic E-state index is 11.0. The van der Waals surface area contributed by atoms with Crippen LogP contribution in [0.2, 0.25) is 0 Å². The fourth-order valence-corrected chi connectivity index (χ4v) is 0.730. The van der Waals surface area contributed by atoms with Gasteiger partial charge in [0.05, 0.1) is 6.54 Å². The fourth-order valence-electron chi connectivity index (χ4n) is 0.566. The SMILES string of the molecule is CC(=O)OCC#CCNC(=O)OCC(Cl)(Cl)Cl. The molecule has 0 saturated heterocycles. The molecule has 0 radical (unpaired) electrons. The summed E-state index contributed by atoms with van der Waals surface area (Å²) >= 11 is 16.1. The Kier molecular flexibility index (Phi) is 7.88. The van der Waals surface area contributed by atoms with Crippen molar-refractivity contribution in [3.63, 3.8) is 0 Å². The van der Waals surface area contributed by atoms with Gasteiger partial charge in [-0.15, -0.1) is 0 Å². The molecule has 5 nitrogen and oxygen atoms in total. The summed E-state index contributed by atoms with van der Waals surface area (Å²) in [6.07, 6.45) is -0.752. The van der Waals surface area contributed by atoms with Crippen molar-refractivity contribution in [2.45, 2.75) is 10.7 Å². The van der Waals surface area contributed by atoms with Gasteiger partial charge in [-0.25, -0.2) is 4.79 Å². The molecule has 8 heteroatoms. The van der Waals surface area contributed by atoms with Gasteiger partial charge in [-0.2, -0.15) is 0 Å². The Hall–Kier alpha value is -0.830. The third-order valence-corrected chi connectivity index (χ3v) is 1.49. The van der Waals surface area contributed by atoms with Crippen LogP contribution < -0.4 is 5.32 Å². The van der Waals surface area contributed by atoms with Gasteiger partial charge in [-0.05, 0) is 0 Å². The van der Waals surface area contributed by atoms with Crippen LogP contribution in [0.1, 0.15) is 6.92 Å². The molecule has 0 aliphatic rings. The smallest absolute Gasteiger partial charge is 0.408 e. The first-order chi connectivity index (χ1) is 7.81. The average molecular weight is 303 g/mol. The first-order valence-corrected chi connectivity index (χ1v) is 5.51. The second-order valence-electron chi connectivity index (χ2n) is 2.68. The quantitative estimate of drug-likeness (QED) is 0.489. The predicted octanol–water partition coefficient (Wildman–Crippen LogP) is 1.65. The van der Waals surface area contributed by atoms with E-state index in [1.807, 2.05) is 0 Å². The summed E-state index contributed by atoms with van der Waals surface area (Å²) < 4.78 is 7.44. The van der Waals surface area contributed by atoms with Gasteiger partial charge in [0.15, 0.2) is 6.61 Å². The van der Waals surface area contributed by atoms with Crippen molar-refractivity contribution >= 4 is 46.9 Å². The second kappa shape index (κ2) is 8.29. The molecule has 0 spiro atoms. The molecule has 17 heavy (non-hydrogen) atoms. The lowest BCUT2D eigenvalue weighted by Crippen LogP contribution is -2.28. The molecule has 0 heterocycles. The van der Waals surface area contributed by atoms with Crippen LogP contribution in [-0.4, -0.2) is 35.6 Å². The van der Waals surface area contributed by atoms with Crippen molar-refractivity contribution in [2.75, 3.05) is 19.8 Å². The lowest BCUT2D eigenvalue weighted by Gasteiger charge is -2.10. The maximum Gasteiger partial charge on any atom is 0.408 e. The molecule has 96 valence electrons. The number of carbonyl (C=O) groups excluding carboxylic acids is 2. The van der Waals surface area contributed by atoms with Crippen LogP contribution in [0.5, 0.6) is 0 Å². The summed E-state index contributed by atoms with van der Waals surface area (Å²) in [6, 6.07) is 0. The third-order valence-electron chi connectivity index (χ3n) is 1.16. The molecule has 0 fully saturated rings. The van der Waals surface area contributed by atoms with Crippen molar-refractivity contribution in [3.8, 4) is 11.8 Å². The van der Waals surface area contributed by atoms with Gasteiger partial charge in [-0.3, -0.25) is 4.79 Å². The van der Waals surface area contributed by atoms with Gasteiger partial charge < -0.3 is 14.8 Å². The lowest BCUT2D eigenvalue weighted by molar-refractivity contribution is -0.139. The molecule has 0 rings (SSSR count). The van der Waals surface area contributed by atoms with Gasteiger partial charge in [0, 0.05) is 6.92 Å². The zero-order valence-electron chi connectivity index (χ0n) is 8.89. The van der Waals surface area contributed by atoms with Crippen LogP contribution in [0.15, 0.2) is 0 Å². The molecule has 0 bridgehead atoms. The van der Waals surface area contributed by atoms with E-state index in [-0.39, 0.29) is 19.8 Å². The van der Waals surface area contributed by atoms with Gasteiger partial charge in [-0.1, -0.05) is 46.6 Å². The normalized spacial score (nSPS) is 9.88. The number of alkyl halides is 3. The number of alkyl carbamates (subject to hydrolysis) is 1. The number of esters is 1. The molecule has 0 aliphatic heterocycles. The summed E-state index contributed by atoms with van der Waals surface area (Å²) in [4.78, 5) is 21.3. The van der Waals surface area contributed by atoms with Gasteiger partial charge >= 0.3 is 12.1 Å². The second-order valence-corrected chi connectivity index (χ2v) is 5.19. The highest BCUT2D eigenvalue weighted by molar-refractivity contribution is 6.67. The third kappa shape index (κ3) is 13.1. The Bertz CT molecular complexity index is 329. The molecule has 1 N–H and O–H groups in total. The Labute approximate surface area is 114 Å². The minimum absolute atomic E-state index is 0.0276. The van der Waals surface area contributed by atoms with Gasteiger partial charge in [0.1, 0.15) is 6.61 Å². The molecule has 0 atom stereocenters. The first-order valence-electron chi connectivity index (χ1n) is 4.38. The minimum atomic E-state index is -1.64. The lowest BCUT2D eigenvalue weighted by atomic mass is 10.6. The van der Waals surface area contributed by atoms with E-state index >= 15 is 0 Å². The van der Waals surface area contributed by atoms with E-state index in [1.54, 1.807) is 0 Å². The topological polar surface area (TPSA) is 64.6 Å². The van der Waals surface area contributed by atoms with E-state index in [2.05, 4.69) is 26.6 Å². The van der Waals surface area contributed by atoms with Crippen molar-refractivity contribution in [1.82, 2.24) is 5.32 Å². The number of rotatable bonds is 3. The zero-order chi connectivity index (χ0) is 13.3. The molecule has 0 aromatic carbocycles. The Morgan fingerprint density at radius 2 is 1.88 bits per heavy atom. The van der Waals surface area contributed by atoms with Gasteiger partial charge in [0.25, 0.3) is 0 Å². The zero-order valence-corrected chi connectivity index (χ0v) is 11.2. The molecule has 0 aliphatic carbocycles. The van der Waals surface area contributed by atoms with Crippen LogP contribution >= 0.6 is 34.8 Å². The van der Waals surface area contributed by atoms with Crippen LogP contribution in [0.25, 0.3) is 0 Å². The molecular formula is C9H10Cl3NO4. The summed E-state index contributed by atoms with van der Waals surface area (Å²) in [5.41, 5.74) is 0. The molecular weight excluding hydrogens is 292 g/mol. The monoisotopic (exact) mass is 301 g/mol. The van der Waals surface area contributed by atoms with Crippen LogP contribution in [-0.2, 0) is 14.3 Å². The predicted molar refractivity (Wildman–Crippen MR) is 64.0 cm³/mol. The summed E-state index contributed by atoms with van der Waals surface area (Å²) in [5.74, 6) is 4.61. The van der Waals surface area contributed by atoms with Crippen molar-refractivity contribution < 1.29 is 19.1 Å². The van der Waals surface area contributed by atoms with E-state index in [1.165, 1.54) is 6.92 Å². The van der Waals surface area contributed by atoms with E-state index in [0.29, 0.717) is 0 Å². The Morgan fingerprint density at radius 3 is 2.41 bits per heavy atom. The van der Waals surface area contributed by atoms with Crippen molar-refractivity contribution in [3.05, 3.63) is 0 Å². The number of halogens is 3. The number of ether oxygens (including phenoxy) is 2. The Morgan fingerprint density at radius 1 is 1.24 bits per heavy atom. The fraction of sp³-hybridized carbons (Fsp3) is 0.556. The summed E-state index contributed by atoms with van der Waals surface area (Å²) in [6.45, 7) is 0.929. The molecule has 0 aromatic heterocycles. The molecule has 0 unspecified atom stereocenters. The van der Waals surface area contributed by atoms with Crippen LogP contribution in [0, 0.1) is 11.8 Å². The molecule has 0 aromatic rings. The number of amides is 1. The highest BCUT2D eigenvalue weighted by Crippen LogP contribution is 2.25. The number of nitrogens with one attached hydrogen (secondary N) is 1.